The van der Waals surface area contributed by atoms with Crippen LogP contribution in [0.1, 0.15) is 46.6 Å². The van der Waals surface area contributed by atoms with Crippen LogP contribution in [0.5, 0.6) is 5.75 Å². The summed E-state index contributed by atoms with van der Waals surface area (Å²) in [4.78, 5) is 28.5. The molecular formula is C22H35N3O3. The van der Waals surface area contributed by atoms with Crippen LogP contribution in [0.25, 0.3) is 0 Å². The van der Waals surface area contributed by atoms with Crippen LogP contribution in [0.4, 0.5) is 0 Å². The molecule has 0 bridgehead atoms. The van der Waals surface area contributed by atoms with Gasteiger partial charge in [0.15, 0.2) is 6.61 Å². The van der Waals surface area contributed by atoms with Gasteiger partial charge in [-0.05, 0) is 30.4 Å². The molecule has 1 aliphatic rings. The summed E-state index contributed by atoms with van der Waals surface area (Å²) in [6.45, 7) is 13.6. The maximum Gasteiger partial charge on any atom is 0.260 e. The number of para-hydroxylation sites is 1. The van der Waals surface area contributed by atoms with Gasteiger partial charge in [0.1, 0.15) is 5.75 Å². The second-order valence-electron chi connectivity index (χ2n) is 8.57. The van der Waals surface area contributed by atoms with Gasteiger partial charge in [0.25, 0.3) is 5.91 Å². The lowest BCUT2D eigenvalue weighted by molar-refractivity contribution is -0.135. The van der Waals surface area contributed by atoms with Gasteiger partial charge in [0, 0.05) is 32.2 Å². The lowest BCUT2D eigenvalue weighted by Crippen LogP contribution is -2.52. The number of piperazine rings is 1. The Balaban J connectivity index is 1.79. The molecule has 0 spiro atoms. The van der Waals surface area contributed by atoms with Gasteiger partial charge >= 0.3 is 0 Å². The average Bonchev–Trinajstić information content (AvgIpc) is 2.66. The predicted octanol–water partition coefficient (Wildman–Crippen LogP) is 2.42. The van der Waals surface area contributed by atoms with Crippen molar-refractivity contribution in [3.05, 3.63) is 29.8 Å². The molecule has 1 heterocycles. The molecule has 1 aromatic carbocycles. The molecule has 0 radical (unpaired) electrons. The summed E-state index contributed by atoms with van der Waals surface area (Å²) in [5, 5.41) is 2.99. The third-order valence-electron chi connectivity index (χ3n) is 5.16. The zero-order chi connectivity index (χ0) is 20.7. The summed E-state index contributed by atoms with van der Waals surface area (Å²) >= 11 is 0. The number of hydrogen-bond acceptors (Lipinski definition) is 4. The molecule has 1 saturated heterocycles. The van der Waals surface area contributed by atoms with E-state index in [0.717, 1.165) is 17.7 Å². The largest absolute Gasteiger partial charge is 0.483 e. The normalized spacial score (nSPS) is 16.5. The standard InChI is InChI=1S/C22H35N3O3/c1-6-17(2)23-20(26)15-24-11-13-25(14-12-24)21(27)16-28-19-10-8-7-9-18(19)22(3,4)5/h7-10,17H,6,11-16H2,1-5H3,(H,23,26). The second-order valence-corrected chi connectivity index (χ2v) is 8.57. The van der Waals surface area contributed by atoms with Crippen molar-refractivity contribution in [1.82, 2.24) is 15.1 Å². The van der Waals surface area contributed by atoms with Crippen LogP contribution in [0.2, 0.25) is 0 Å². The predicted molar refractivity (Wildman–Crippen MR) is 112 cm³/mol. The summed E-state index contributed by atoms with van der Waals surface area (Å²) in [5.41, 5.74) is 1.06. The first kappa shape index (κ1) is 22.2. The minimum absolute atomic E-state index is 0.00702. The number of benzene rings is 1. The van der Waals surface area contributed by atoms with Gasteiger partial charge < -0.3 is 15.0 Å². The lowest BCUT2D eigenvalue weighted by Gasteiger charge is -2.34. The Labute approximate surface area is 169 Å². The summed E-state index contributed by atoms with van der Waals surface area (Å²) in [6, 6.07) is 8.08. The number of nitrogens with zero attached hydrogens (tertiary/aromatic N) is 2. The molecule has 1 N–H and O–H groups in total. The molecule has 2 amide bonds. The van der Waals surface area contributed by atoms with Crippen molar-refractivity contribution in [2.24, 2.45) is 0 Å². The minimum atomic E-state index is -0.0406. The van der Waals surface area contributed by atoms with Crippen LogP contribution in [0.3, 0.4) is 0 Å². The van der Waals surface area contributed by atoms with E-state index < -0.39 is 0 Å². The number of nitrogens with one attached hydrogen (secondary N) is 1. The fourth-order valence-electron chi connectivity index (χ4n) is 3.22. The number of hydrogen-bond donors (Lipinski definition) is 1. The Morgan fingerprint density at radius 3 is 2.39 bits per heavy atom. The summed E-state index contributed by atoms with van der Waals surface area (Å²) < 4.78 is 5.86. The molecule has 0 aliphatic carbocycles. The van der Waals surface area contributed by atoms with Crippen molar-refractivity contribution in [3.63, 3.8) is 0 Å². The SMILES string of the molecule is CCC(C)NC(=O)CN1CCN(C(=O)COc2ccccc2C(C)(C)C)CC1. The average molecular weight is 390 g/mol. The van der Waals surface area contributed by atoms with Crippen molar-refractivity contribution in [2.45, 2.75) is 52.5 Å². The molecule has 1 aromatic rings. The lowest BCUT2D eigenvalue weighted by atomic mass is 9.86. The number of ether oxygens (including phenoxy) is 1. The van der Waals surface area contributed by atoms with Crippen molar-refractivity contribution in [3.8, 4) is 5.75 Å². The Kier molecular flexibility index (Phi) is 7.87. The molecule has 1 unspecified atom stereocenters. The van der Waals surface area contributed by atoms with Gasteiger partial charge in [-0.2, -0.15) is 0 Å². The van der Waals surface area contributed by atoms with E-state index in [2.05, 4.69) is 37.9 Å². The number of rotatable bonds is 7. The van der Waals surface area contributed by atoms with E-state index in [0.29, 0.717) is 32.7 Å². The van der Waals surface area contributed by atoms with E-state index in [1.54, 1.807) is 0 Å². The van der Waals surface area contributed by atoms with Crippen LogP contribution in [0, 0.1) is 0 Å². The smallest absolute Gasteiger partial charge is 0.260 e. The molecule has 0 aromatic heterocycles. The summed E-state index contributed by atoms with van der Waals surface area (Å²) in [6.07, 6.45) is 0.923. The van der Waals surface area contributed by atoms with Crippen LogP contribution in [-0.2, 0) is 15.0 Å². The van der Waals surface area contributed by atoms with Crippen molar-refractivity contribution in [2.75, 3.05) is 39.3 Å². The monoisotopic (exact) mass is 389 g/mol. The van der Waals surface area contributed by atoms with E-state index >= 15 is 0 Å². The first-order chi connectivity index (χ1) is 13.2. The van der Waals surface area contributed by atoms with Gasteiger partial charge in [-0.1, -0.05) is 45.9 Å². The molecule has 1 atom stereocenters. The van der Waals surface area contributed by atoms with Gasteiger partial charge in [0.05, 0.1) is 6.54 Å². The second kappa shape index (κ2) is 9.92. The van der Waals surface area contributed by atoms with E-state index in [1.165, 1.54) is 0 Å². The highest BCUT2D eigenvalue weighted by atomic mass is 16.5. The van der Waals surface area contributed by atoms with Crippen molar-refractivity contribution < 1.29 is 14.3 Å². The van der Waals surface area contributed by atoms with Crippen LogP contribution in [-0.4, -0.2) is 67.0 Å². The Hall–Kier alpha value is -2.08. The maximum atomic E-state index is 12.5. The highest BCUT2D eigenvalue weighted by Gasteiger charge is 2.24. The van der Waals surface area contributed by atoms with E-state index in [9.17, 15) is 9.59 Å². The van der Waals surface area contributed by atoms with Crippen LogP contribution >= 0.6 is 0 Å². The molecular weight excluding hydrogens is 354 g/mol. The first-order valence-corrected chi connectivity index (χ1v) is 10.2. The number of carbonyl (C=O) groups excluding carboxylic acids is 2. The molecule has 6 heteroatoms. The van der Waals surface area contributed by atoms with E-state index in [-0.39, 0.29) is 29.9 Å². The topological polar surface area (TPSA) is 61.9 Å². The Bertz CT molecular complexity index is 661. The molecule has 28 heavy (non-hydrogen) atoms. The zero-order valence-electron chi connectivity index (χ0n) is 18.0. The van der Waals surface area contributed by atoms with Crippen molar-refractivity contribution in [1.29, 1.82) is 0 Å². The quantitative estimate of drug-likeness (QED) is 0.778. The molecule has 1 aliphatic heterocycles. The fraction of sp³-hybridized carbons (Fsp3) is 0.636. The van der Waals surface area contributed by atoms with Crippen LogP contribution < -0.4 is 10.1 Å². The Morgan fingerprint density at radius 2 is 1.79 bits per heavy atom. The number of carbonyl (C=O) groups is 2. The highest BCUT2D eigenvalue weighted by Crippen LogP contribution is 2.30. The summed E-state index contributed by atoms with van der Waals surface area (Å²) in [7, 11) is 0. The number of amides is 2. The van der Waals surface area contributed by atoms with Gasteiger partial charge in [0.2, 0.25) is 5.91 Å². The van der Waals surface area contributed by atoms with Crippen molar-refractivity contribution >= 4 is 11.8 Å². The van der Waals surface area contributed by atoms with Gasteiger partial charge in [-0.25, -0.2) is 0 Å². The molecule has 6 nitrogen and oxygen atoms in total. The molecule has 2 rings (SSSR count). The first-order valence-electron chi connectivity index (χ1n) is 10.2. The minimum Gasteiger partial charge on any atom is -0.483 e. The Morgan fingerprint density at radius 1 is 1.14 bits per heavy atom. The van der Waals surface area contributed by atoms with Gasteiger partial charge in [-0.15, -0.1) is 0 Å². The molecule has 0 saturated carbocycles. The molecule has 1 fully saturated rings. The van der Waals surface area contributed by atoms with E-state index in [1.807, 2.05) is 36.1 Å². The van der Waals surface area contributed by atoms with Gasteiger partial charge in [-0.3, -0.25) is 14.5 Å². The third kappa shape index (κ3) is 6.51. The summed E-state index contributed by atoms with van der Waals surface area (Å²) in [5.74, 6) is 0.812. The third-order valence-corrected chi connectivity index (χ3v) is 5.16. The van der Waals surface area contributed by atoms with E-state index in [4.69, 9.17) is 4.74 Å². The zero-order valence-corrected chi connectivity index (χ0v) is 18.0. The maximum absolute atomic E-state index is 12.5. The van der Waals surface area contributed by atoms with Crippen LogP contribution in [0.15, 0.2) is 24.3 Å². The highest BCUT2D eigenvalue weighted by molar-refractivity contribution is 5.79. The molecule has 156 valence electrons. The fourth-order valence-corrected chi connectivity index (χ4v) is 3.22.